The van der Waals surface area contributed by atoms with Gasteiger partial charge in [0.2, 0.25) is 0 Å². The van der Waals surface area contributed by atoms with Gasteiger partial charge >= 0.3 is 6.18 Å². The second kappa shape index (κ2) is 4.36. The van der Waals surface area contributed by atoms with Gasteiger partial charge in [0.25, 0.3) is 0 Å². The van der Waals surface area contributed by atoms with Crippen molar-refractivity contribution in [3.63, 3.8) is 0 Å². The smallest absolute Gasteiger partial charge is 0.166 e. The normalized spacial score (nSPS) is 12.5. The van der Waals surface area contributed by atoms with Gasteiger partial charge in [-0.25, -0.2) is 0 Å². The second-order valence-corrected chi connectivity index (χ2v) is 6.44. The van der Waals surface area contributed by atoms with Gasteiger partial charge in [-0.15, -0.1) is 11.3 Å². The number of fused-ring (bicyclic) bond motifs is 3. The summed E-state index contributed by atoms with van der Waals surface area (Å²) in [5.41, 5.74) is -0.658. The number of halogens is 5. The Hall–Kier alpha value is -0.780. The van der Waals surface area contributed by atoms with Crippen LogP contribution in [0.1, 0.15) is 5.56 Å². The number of rotatable bonds is 0. The van der Waals surface area contributed by atoms with Crippen LogP contribution in [0.4, 0.5) is 13.2 Å². The lowest BCUT2D eigenvalue weighted by atomic mass is 10.1. The van der Waals surface area contributed by atoms with Crippen molar-refractivity contribution in [2.45, 2.75) is 6.18 Å². The summed E-state index contributed by atoms with van der Waals surface area (Å²) in [7, 11) is 0. The van der Waals surface area contributed by atoms with Crippen LogP contribution in [0, 0.1) is 0 Å². The highest BCUT2D eigenvalue weighted by atomic mass is 79.9. The highest BCUT2D eigenvalue weighted by molar-refractivity contribution is 9.10. The lowest BCUT2D eigenvalue weighted by molar-refractivity contribution is -0.138. The Kier molecular flexibility index (Phi) is 3.04. The molecular weight excluding hydrogens is 361 g/mol. The topological polar surface area (TPSA) is 0 Å². The lowest BCUT2D eigenvalue weighted by Gasteiger charge is -2.09. The van der Waals surface area contributed by atoms with Gasteiger partial charge in [-0.1, -0.05) is 33.6 Å². The zero-order valence-corrected chi connectivity index (χ0v) is 12.3. The molecule has 3 aromatic rings. The van der Waals surface area contributed by atoms with E-state index in [-0.39, 0.29) is 4.47 Å². The molecule has 2 aromatic carbocycles. The molecular formula is C13H5BrClF3S. The molecule has 3 rings (SSSR count). The van der Waals surface area contributed by atoms with Crippen molar-refractivity contribution >= 4 is 59.0 Å². The quantitative estimate of drug-likeness (QED) is 0.427. The lowest BCUT2D eigenvalue weighted by Crippen LogP contribution is -2.05. The molecule has 0 unspecified atom stereocenters. The molecule has 0 fully saturated rings. The van der Waals surface area contributed by atoms with Crippen molar-refractivity contribution in [1.29, 1.82) is 0 Å². The second-order valence-electron chi connectivity index (χ2n) is 4.07. The van der Waals surface area contributed by atoms with Gasteiger partial charge in [0.15, 0.2) is 0 Å². The zero-order valence-electron chi connectivity index (χ0n) is 9.18. The summed E-state index contributed by atoms with van der Waals surface area (Å²) in [5.74, 6) is 0. The molecule has 0 nitrogen and oxygen atoms in total. The van der Waals surface area contributed by atoms with E-state index in [1.807, 2.05) is 0 Å². The molecule has 0 atom stereocenters. The van der Waals surface area contributed by atoms with E-state index in [2.05, 4.69) is 15.9 Å². The molecule has 1 aromatic heterocycles. The molecule has 6 heteroatoms. The third kappa shape index (κ3) is 2.24. The Labute approximate surface area is 123 Å². The summed E-state index contributed by atoms with van der Waals surface area (Å²) in [6.07, 6.45) is -4.37. The molecule has 19 heavy (non-hydrogen) atoms. The molecule has 0 aliphatic rings. The van der Waals surface area contributed by atoms with E-state index in [0.29, 0.717) is 10.4 Å². The average Bonchev–Trinajstić information content (AvgIpc) is 2.62. The van der Waals surface area contributed by atoms with Crippen LogP contribution in [-0.2, 0) is 6.18 Å². The van der Waals surface area contributed by atoms with Gasteiger partial charge in [-0.05, 0) is 24.3 Å². The van der Waals surface area contributed by atoms with E-state index in [4.69, 9.17) is 11.6 Å². The third-order valence-corrected chi connectivity index (χ3v) is 4.83. The van der Waals surface area contributed by atoms with E-state index in [1.54, 1.807) is 18.2 Å². The summed E-state index contributed by atoms with van der Waals surface area (Å²) in [4.78, 5) is 0. The van der Waals surface area contributed by atoms with E-state index >= 15 is 0 Å². The first-order chi connectivity index (χ1) is 8.86. The molecule has 0 bridgehead atoms. The minimum atomic E-state index is -4.37. The number of alkyl halides is 3. The first kappa shape index (κ1) is 13.2. The maximum absolute atomic E-state index is 12.9. The fourth-order valence-electron chi connectivity index (χ4n) is 1.99. The summed E-state index contributed by atoms with van der Waals surface area (Å²) in [5, 5.41) is 1.98. The molecule has 0 N–H and O–H groups in total. The van der Waals surface area contributed by atoms with Crippen molar-refractivity contribution in [3.8, 4) is 0 Å². The Morgan fingerprint density at radius 1 is 1.00 bits per heavy atom. The predicted molar refractivity (Wildman–Crippen MR) is 77.0 cm³/mol. The van der Waals surface area contributed by atoms with E-state index in [0.717, 1.165) is 14.8 Å². The van der Waals surface area contributed by atoms with Crippen molar-refractivity contribution < 1.29 is 13.2 Å². The Balaban J connectivity index is 2.41. The first-order valence-corrected chi connectivity index (χ1v) is 7.23. The van der Waals surface area contributed by atoms with Gasteiger partial charge < -0.3 is 0 Å². The summed E-state index contributed by atoms with van der Waals surface area (Å²) in [6, 6.07) is 7.90. The van der Waals surface area contributed by atoms with Crippen molar-refractivity contribution in [1.82, 2.24) is 0 Å². The van der Waals surface area contributed by atoms with Gasteiger partial charge in [0.1, 0.15) is 0 Å². The van der Waals surface area contributed by atoms with Crippen LogP contribution in [0.15, 0.2) is 34.8 Å². The van der Waals surface area contributed by atoms with Gasteiger partial charge in [0, 0.05) is 29.7 Å². The van der Waals surface area contributed by atoms with Gasteiger partial charge in [0.05, 0.1) is 5.56 Å². The Bertz CT molecular complexity index is 792. The predicted octanol–water partition coefficient (Wildman–Crippen LogP) is 6.49. The largest absolute Gasteiger partial charge is 0.417 e. The van der Waals surface area contributed by atoms with E-state index in [9.17, 15) is 13.2 Å². The third-order valence-electron chi connectivity index (χ3n) is 2.83. The van der Waals surface area contributed by atoms with Crippen LogP contribution in [0.25, 0.3) is 20.2 Å². The highest BCUT2D eigenvalue weighted by Crippen LogP contribution is 2.42. The van der Waals surface area contributed by atoms with Gasteiger partial charge in [-0.3, -0.25) is 0 Å². The molecule has 0 saturated carbocycles. The maximum Gasteiger partial charge on any atom is 0.417 e. The van der Waals surface area contributed by atoms with Gasteiger partial charge in [-0.2, -0.15) is 13.2 Å². The molecule has 0 amide bonds. The molecule has 0 spiro atoms. The van der Waals surface area contributed by atoms with Crippen LogP contribution < -0.4 is 0 Å². The fraction of sp³-hybridized carbons (Fsp3) is 0.0769. The molecule has 0 saturated heterocycles. The van der Waals surface area contributed by atoms with Crippen molar-refractivity contribution in [2.75, 3.05) is 0 Å². The summed E-state index contributed by atoms with van der Waals surface area (Å²) in [6.45, 7) is 0. The maximum atomic E-state index is 12.9. The minimum absolute atomic E-state index is 0.0603. The monoisotopic (exact) mass is 364 g/mol. The Morgan fingerprint density at radius 3 is 2.37 bits per heavy atom. The highest BCUT2D eigenvalue weighted by Gasteiger charge is 2.33. The Morgan fingerprint density at radius 2 is 1.68 bits per heavy atom. The average molecular weight is 366 g/mol. The SMILES string of the molecule is FC(F)(F)c1cc2c(cc1Br)sc1cc(Cl)ccc12. The van der Waals surface area contributed by atoms with Crippen LogP contribution in [0.2, 0.25) is 5.02 Å². The number of hydrogen-bond acceptors (Lipinski definition) is 1. The number of benzene rings is 2. The van der Waals surface area contributed by atoms with Crippen LogP contribution in [0.5, 0.6) is 0 Å². The van der Waals surface area contributed by atoms with Crippen LogP contribution in [-0.4, -0.2) is 0 Å². The fourth-order valence-corrected chi connectivity index (χ4v) is 4.11. The van der Waals surface area contributed by atoms with Crippen LogP contribution in [0.3, 0.4) is 0 Å². The molecule has 0 radical (unpaired) electrons. The van der Waals surface area contributed by atoms with Crippen LogP contribution >= 0.6 is 38.9 Å². The number of thiophene rings is 1. The standard InChI is InChI=1S/C13H5BrClF3S/c14-10-5-12-8(4-9(10)13(16,17)18)7-2-1-6(15)3-11(7)19-12/h1-5H. The molecule has 1 heterocycles. The summed E-state index contributed by atoms with van der Waals surface area (Å²) >= 11 is 10.3. The van der Waals surface area contributed by atoms with Crippen molar-refractivity contribution in [3.05, 3.63) is 45.4 Å². The minimum Gasteiger partial charge on any atom is -0.166 e. The van der Waals surface area contributed by atoms with E-state index in [1.165, 1.54) is 23.5 Å². The molecule has 0 aliphatic heterocycles. The summed E-state index contributed by atoms with van der Waals surface area (Å²) < 4.78 is 40.4. The first-order valence-electron chi connectivity index (χ1n) is 5.25. The van der Waals surface area contributed by atoms with E-state index < -0.39 is 11.7 Å². The number of hydrogen-bond donors (Lipinski definition) is 0. The molecule has 0 aliphatic carbocycles. The molecule has 98 valence electrons. The van der Waals surface area contributed by atoms with Crippen molar-refractivity contribution in [2.24, 2.45) is 0 Å². The zero-order chi connectivity index (χ0) is 13.8.